The van der Waals surface area contributed by atoms with Gasteiger partial charge in [-0.1, -0.05) is 0 Å². The normalized spacial score (nSPS) is 12.2. The van der Waals surface area contributed by atoms with Gasteiger partial charge in [0.05, 0.1) is 0 Å². The van der Waals surface area contributed by atoms with Gasteiger partial charge in [-0.05, 0) is 0 Å². The van der Waals surface area contributed by atoms with Crippen molar-refractivity contribution in [2.45, 2.75) is 72.6 Å². The third kappa shape index (κ3) is 4.92. The zero-order valence-electron chi connectivity index (χ0n) is 19.2. The molecular weight excluding hydrogens is 461 g/mol. The number of anilines is 1. The Bertz CT molecular complexity index is 907. The second-order valence-corrected chi connectivity index (χ2v) is 22.2. The van der Waals surface area contributed by atoms with Crippen LogP contribution in [0, 0.1) is 0 Å². The van der Waals surface area contributed by atoms with Crippen LogP contribution in [-0.4, -0.2) is 41.9 Å². The number of pyridine rings is 1. The molecule has 0 N–H and O–H groups in total. The van der Waals surface area contributed by atoms with E-state index in [2.05, 4.69) is 80.7 Å². The van der Waals surface area contributed by atoms with Crippen molar-refractivity contribution >= 4 is 44.3 Å². The molecule has 0 aliphatic heterocycles. The van der Waals surface area contributed by atoms with Crippen molar-refractivity contribution in [1.29, 1.82) is 0 Å². The predicted octanol–water partition coefficient (Wildman–Crippen LogP) is 6.61. The molecule has 4 heteroatoms. The summed E-state index contributed by atoms with van der Waals surface area (Å²) in [5.74, 6) is 0. The molecule has 0 aliphatic rings. The molecule has 0 fully saturated rings. The molecule has 0 bridgehead atoms. The van der Waals surface area contributed by atoms with Gasteiger partial charge in [0.15, 0.2) is 0 Å². The molecule has 0 unspecified atom stereocenters. The number of nitrogens with zero attached hydrogens (tertiary/aromatic N) is 3. The Morgan fingerprint density at radius 1 is 0.862 bits per heavy atom. The Morgan fingerprint density at radius 3 is 2.03 bits per heavy atom. The molecule has 0 atom stereocenters. The molecular formula is C25H39N3Sn. The van der Waals surface area contributed by atoms with Gasteiger partial charge in [0.25, 0.3) is 0 Å². The molecule has 0 amide bonds. The van der Waals surface area contributed by atoms with Crippen LogP contribution in [0.2, 0.25) is 13.3 Å². The summed E-state index contributed by atoms with van der Waals surface area (Å²) in [6.07, 6.45) is 10.3. The minimum absolute atomic E-state index is 1.06. The van der Waals surface area contributed by atoms with Gasteiger partial charge in [-0.15, -0.1) is 0 Å². The van der Waals surface area contributed by atoms with E-state index in [4.69, 9.17) is 4.98 Å². The number of benzene rings is 1. The number of fused-ring (bicyclic) bond motifs is 3. The van der Waals surface area contributed by atoms with Gasteiger partial charge in [-0.3, -0.25) is 0 Å². The molecule has 2 heterocycles. The van der Waals surface area contributed by atoms with E-state index in [1.54, 1.807) is 3.58 Å². The molecule has 0 spiro atoms. The summed E-state index contributed by atoms with van der Waals surface area (Å²) in [5.41, 5.74) is 4.69. The fourth-order valence-electron chi connectivity index (χ4n) is 4.67. The maximum absolute atomic E-state index is 5.04. The molecule has 158 valence electrons. The number of unbranched alkanes of at least 4 members (excludes halogenated alkanes) is 3. The van der Waals surface area contributed by atoms with E-state index in [9.17, 15) is 0 Å². The number of hydrogen-bond acceptors (Lipinski definition) is 2. The van der Waals surface area contributed by atoms with Crippen LogP contribution in [0.3, 0.4) is 0 Å². The van der Waals surface area contributed by atoms with Gasteiger partial charge in [0, 0.05) is 0 Å². The first-order valence-corrected chi connectivity index (χ1v) is 19.1. The van der Waals surface area contributed by atoms with E-state index >= 15 is 0 Å². The van der Waals surface area contributed by atoms with E-state index in [0.717, 1.165) is 5.65 Å². The third-order valence-corrected chi connectivity index (χ3v) is 22.1. The molecule has 2 aromatic heterocycles. The first-order valence-electron chi connectivity index (χ1n) is 11.6. The fourth-order valence-corrected chi connectivity index (χ4v) is 20.6. The average molecular weight is 500 g/mol. The first kappa shape index (κ1) is 22.5. The summed E-state index contributed by atoms with van der Waals surface area (Å²) in [7, 11) is 4.18. The molecule has 0 radical (unpaired) electrons. The summed E-state index contributed by atoms with van der Waals surface area (Å²) >= 11 is -2.41. The topological polar surface area (TPSA) is 20.5 Å². The van der Waals surface area contributed by atoms with E-state index in [1.807, 2.05) is 0 Å². The second-order valence-electron chi connectivity index (χ2n) is 8.91. The second kappa shape index (κ2) is 10.2. The van der Waals surface area contributed by atoms with Crippen LogP contribution in [0.15, 0.2) is 36.5 Å². The Morgan fingerprint density at radius 2 is 1.48 bits per heavy atom. The predicted molar refractivity (Wildman–Crippen MR) is 132 cm³/mol. The van der Waals surface area contributed by atoms with Gasteiger partial charge in [-0.2, -0.15) is 0 Å². The van der Waals surface area contributed by atoms with Crippen LogP contribution in [0.5, 0.6) is 0 Å². The monoisotopic (exact) mass is 501 g/mol. The van der Waals surface area contributed by atoms with Crippen molar-refractivity contribution in [2.75, 3.05) is 19.0 Å². The number of hydrogen-bond donors (Lipinski definition) is 0. The van der Waals surface area contributed by atoms with E-state index in [0.29, 0.717) is 0 Å². The van der Waals surface area contributed by atoms with Crippen molar-refractivity contribution in [3.63, 3.8) is 0 Å². The SMILES string of the molecule is CCC[CH2][Sn]([CH2]CCC)([CH2]CCC)[c]1ccc2c(c1)nc1cc(N(C)C)ccn12. The first-order chi connectivity index (χ1) is 14.0. The van der Waals surface area contributed by atoms with Gasteiger partial charge in [0.2, 0.25) is 0 Å². The molecule has 1 aromatic carbocycles. The zero-order valence-corrected chi connectivity index (χ0v) is 22.0. The van der Waals surface area contributed by atoms with Crippen LogP contribution in [0.25, 0.3) is 16.7 Å². The summed E-state index contributed by atoms with van der Waals surface area (Å²) in [4.78, 5) is 7.19. The Balaban J connectivity index is 2.08. The molecule has 3 aromatic rings. The van der Waals surface area contributed by atoms with Crippen LogP contribution in [0.4, 0.5) is 5.69 Å². The van der Waals surface area contributed by atoms with Gasteiger partial charge in [0.1, 0.15) is 0 Å². The van der Waals surface area contributed by atoms with Crippen molar-refractivity contribution in [2.24, 2.45) is 0 Å². The third-order valence-electron chi connectivity index (χ3n) is 6.54. The summed E-state index contributed by atoms with van der Waals surface area (Å²) in [6, 6.07) is 11.7. The Hall–Kier alpha value is -1.23. The maximum atomic E-state index is 5.04. The molecule has 0 aliphatic carbocycles. The van der Waals surface area contributed by atoms with Crippen molar-refractivity contribution in [3.05, 3.63) is 36.5 Å². The van der Waals surface area contributed by atoms with E-state index in [-0.39, 0.29) is 0 Å². The van der Waals surface area contributed by atoms with Crippen LogP contribution < -0.4 is 8.48 Å². The summed E-state index contributed by atoms with van der Waals surface area (Å²) in [5, 5.41) is 0. The van der Waals surface area contributed by atoms with Gasteiger partial charge >= 0.3 is 182 Å². The molecule has 29 heavy (non-hydrogen) atoms. The molecule has 3 rings (SSSR count). The molecule has 3 nitrogen and oxygen atoms in total. The average Bonchev–Trinajstić information content (AvgIpc) is 3.10. The van der Waals surface area contributed by atoms with Gasteiger partial charge < -0.3 is 0 Å². The van der Waals surface area contributed by atoms with Crippen LogP contribution in [-0.2, 0) is 0 Å². The summed E-state index contributed by atoms with van der Waals surface area (Å²) < 4.78 is 8.49. The number of aromatic nitrogens is 2. The van der Waals surface area contributed by atoms with Crippen molar-refractivity contribution in [1.82, 2.24) is 9.38 Å². The Kier molecular flexibility index (Phi) is 7.89. The van der Waals surface area contributed by atoms with Crippen molar-refractivity contribution < 1.29 is 0 Å². The van der Waals surface area contributed by atoms with Crippen LogP contribution >= 0.6 is 0 Å². The zero-order chi connectivity index (χ0) is 20.9. The van der Waals surface area contributed by atoms with E-state index < -0.39 is 18.4 Å². The standard InChI is InChI=1S/C13H12N3.3C4H9.Sn/c1-15(2)10-7-8-16-12-6-4-3-5-11(12)14-13(16)9-10;3*1-3-4-2;/h4-9H,1-2H3;3*1,3-4H2,2H3;. The molecule has 0 saturated heterocycles. The van der Waals surface area contributed by atoms with E-state index in [1.165, 1.54) is 68.6 Å². The van der Waals surface area contributed by atoms with Gasteiger partial charge in [-0.25, -0.2) is 0 Å². The number of rotatable bonds is 11. The minimum atomic E-state index is -2.41. The van der Waals surface area contributed by atoms with Crippen LogP contribution in [0.1, 0.15) is 59.3 Å². The van der Waals surface area contributed by atoms with Crippen molar-refractivity contribution in [3.8, 4) is 0 Å². The number of imidazole rings is 1. The fraction of sp³-hybridized carbons (Fsp3) is 0.560. The quantitative estimate of drug-likeness (QED) is 0.276. The Labute approximate surface area is 181 Å². The molecule has 0 saturated carbocycles. The summed E-state index contributed by atoms with van der Waals surface area (Å²) in [6.45, 7) is 7.05.